The first-order chi connectivity index (χ1) is 14.7. The molecule has 5 rings (SSSR count). The number of benzene rings is 2. The Morgan fingerprint density at radius 2 is 1.20 bits per heavy atom. The summed E-state index contributed by atoms with van der Waals surface area (Å²) < 4.78 is 11.3. The van der Waals surface area contributed by atoms with Crippen LogP contribution in [-0.4, -0.2) is 23.9 Å². The summed E-state index contributed by atoms with van der Waals surface area (Å²) >= 11 is 0. The SMILES string of the molecule is O=C(NC1CCCC(NC(=O)c2cc3ccccc3o2)C1)c1cc2ccccc2o1. The van der Waals surface area contributed by atoms with Crippen LogP contribution >= 0.6 is 0 Å². The number of furan rings is 2. The summed E-state index contributed by atoms with van der Waals surface area (Å²) in [4.78, 5) is 25.3. The monoisotopic (exact) mass is 402 g/mol. The summed E-state index contributed by atoms with van der Waals surface area (Å²) in [6, 6.07) is 18.6. The highest BCUT2D eigenvalue weighted by atomic mass is 16.4. The predicted molar refractivity (Wildman–Crippen MR) is 113 cm³/mol. The van der Waals surface area contributed by atoms with E-state index < -0.39 is 0 Å². The third kappa shape index (κ3) is 3.68. The van der Waals surface area contributed by atoms with Gasteiger partial charge in [-0.25, -0.2) is 0 Å². The molecule has 0 radical (unpaired) electrons. The number of fused-ring (bicyclic) bond motifs is 2. The first-order valence-corrected chi connectivity index (χ1v) is 10.2. The molecule has 1 saturated carbocycles. The smallest absolute Gasteiger partial charge is 0.287 e. The van der Waals surface area contributed by atoms with Crippen LogP contribution in [0, 0.1) is 0 Å². The molecule has 2 N–H and O–H groups in total. The van der Waals surface area contributed by atoms with Crippen molar-refractivity contribution in [2.24, 2.45) is 0 Å². The van der Waals surface area contributed by atoms with E-state index in [0.717, 1.165) is 30.0 Å². The second kappa shape index (κ2) is 7.71. The van der Waals surface area contributed by atoms with Gasteiger partial charge in [-0.05, 0) is 49.9 Å². The molecule has 1 aliphatic rings. The van der Waals surface area contributed by atoms with Gasteiger partial charge in [0.15, 0.2) is 11.5 Å². The minimum atomic E-state index is -0.222. The highest BCUT2D eigenvalue weighted by molar-refractivity contribution is 5.97. The van der Waals surface area contributed by atoms with Crippen molar-refractivity contribution in [2.45, 2.75) is 37.8 Å². The second-order valence-electron chi connectivity index (χ2n) is 7.80. The van der Waals surface area contributed by atoms with E-state index in [-0.39, 0.29) is 23.9 Å². The molecular formula is C24H22N2O4. The van der Waals surface area contributed by atoms with Crippen LogP contribution in [0.15, 0.2) is 69.5 Å². The van der Waals surface area contributed by atoms with Crippen molar-refractivity contribution in [3.8, 4) is 0 Å². The molecule has 2 amide bonds. The van der Waals surface area contributed by atoms with Crippen molar-refractivity contribution in [1.82, 2.24) is 10.6 Å². The third-order valence-electron chi connectivity index (χ3n) is 5.64. The van der Waals surface area contributed by atoms with Gasteiger partial charge in [-0.2, -0.15) is 0 Å². The molecule has 0 aliphatic heterocycles. The molecule has 2 heterocycles. The quantitative estimate of drug-likeness (QED) is 0.520. The number of rotatable bonds is 4. The van der Waals surface area contributed by atoms with Crippen molar-refractivity contribution in [3.05, 3.63) is 72.2 Å². The van der Waals surface area contributed by atoms with Crippen molar-refractivity contribution >= 4 is 33.8 Å². The fourth-order valence-corrected chi connectivity index (χ4v) is 4.15. The van der Waals surface area contributed by atoms with Gasteiger partial charge in [0.1, 0.15) is 11.2 Å². The van der Waals surface area contributed by atoms with Crippen LogP contribution in [0.1, 0.15) is 46.8 Å². The Bertz CT molecular complexity index is 1060. The first kappa shape index (κ1) is 18.5. The minimum Gasteiger partial charge on any atom is -0.451 e. The lowest BCUT2D eigenvalue weighted by molar-refractivity contribution is 0.0875. The van der Waals surface area contributed by atoms with Crippen molar-refractivity contribution in [3.63, 3.8) is 0 Å². The summed E-state index contributed by atoms with van der Waals surface area (Å²) in [5.41, 5.74) is 1.39. The van der Waals surface area contributed by atoms with Crippen LogP contribution in [0.25, 0.3) is 21.9 Å². The number of nitrogens with one attached hydrogen (secondary N) is 2. The Balaban J connectivity index is 1.22. The number of amides is 2. The zero-order chi connectivity index (χ0) is 20.5. The molecule has 4 aromatic rings. The molecule has 1 aliphatic carbocycles. The van der Waals surface area contributed by atoms with Gasteiger partial charge < -0.3 is 19.5 Å². The standard InChI is InChI=1S/C24H22N2O4/c27-23(21-12-15-6-1-3-10-19(15)29-21)25-17-8-5-9-18(14-17)26-24(28)22-13-16-7-2-4-11-20(16)30-22/h1-4,6-7,10-13,17-18H,5,8-9,14H2,(H,25,27)(H,26,28). The molecule has 6 nitrogen and oxygen atoms in total. The Hall–Kier alpha value is -3.54. The fraction of sp³-hybridized carbons (Fsp3) is 0.250. The summed E-state index contributed by atoms with van der Waals surface area (Å²) in [6.07, 6.45) is 3.36. The maximum atomic E-state index is 12.6. The molecule has 0 saturated heterocycles. The largest absolute Gasteiger partial charge is 0.451 e. The predicted octanol–water partition coefficient (Wildman–Crippen LogP) is 4.65. The maximum absolute atomic E-state index is 12.6. The van der Waals surface area contributed by atoms with Gasteiger partial charge in [0.05, 0.1) is 0 Å². The molecule has 6 heteroatoms. The van der Waals surface area contributed by atoms with Gasteiger partial charge in [0.2, 0.25) is 0 Å². The first-order valence-electron chi connectivity index (χ1n) is 10.2. The van der Waals surface area contributed by atoms with Crippen molar-refractivity contribution in [1.29, 1.82) is 0 Å². The maximum Gasteiger partial charge on any atom is 0.287 e. The van der Waals surface area contributed by atoms with Crippen molar-refractivity contribution in [2.75, 3.05) is 0 Å². The van der Waals surface area contributed by atoms with Gasteiger partial charge >= 0.3 is 0 Å². The molecule has 2 unspecified atom stereocenters. The lowest BCUT2D eigenvalue weighted by Crippen LogP contribution is -2.45. The molecular weight excluding hydrogens is 380 g/mol. The van der Waals surface area contributed by atoms with E-state index in [1.54, 1.807) is 12.1 Å². The van der Waals surface area contributed by atoms with Crippen LogP contribution in [-0.2, 0) is 0 Å². The van der Waals surface area contributed by atoms with Gasteiger partial charge in [-0.1, -0.05) is 36.4 Å². The molecule has 30 heavy (non-hydrogen) atoms. The summed E-state index contributed by atoms with van der Waals surface area (Å²) in [5, 5.41) is 7.92. The van der Waals surface area contributed by atoms with E-state index in [1.807, 2.05) is 48.5 Å². The molecule has 0 spiro atoms. The van der Waals surface area contributed by atoms with Gasteiger partial charge in [0.25, 0.3) is 11.8 Å². The summed E-state index contributed by atoms with van der Waals surface area (Å²) in [5.74, 6) is 0.176. The second-order valence-corrected chi connectivity index (χ2v) is 7.80. The minimum absolute atomic E-state index is 0.0135. The fourth-order valence-electron chi connectivity index (χ4n) is 4.15. The number of carbonyl (C=O) groups is 2. The molecule has 152 valence electrons. The number of para-hydroxylation sites is 2. The van der Waals surface area contributed by atoms with E-state index >= 15 is 0 Å². The molecule has 2 aromatic carbocycles. The highest BCUT2D eigenvalue weighted by Gasteiger charge is 2.26. The van der Waals surface area contributed by atoms with Crippen LogP contribution in [0.3, 0.4) is 0 Å². The Kier molecular flexibility index (Phi) is 4.75. The van der Waals surface area contributed by atoms with E-state index in [2.05, 4.69) is 10.6 Å². The van der Waals surface area contributed by atoms with Crippen LogP contribution in [0.5, 0.6) is 0 Å². The lowest BCUT2D eigenvalue weighted by atomic mass is 9.90. The third-order valence-corrected chi connectivity index (χ3v) is 5.64. The zero-order valence-electron chi connectivity index (χ0n) is 16.4. The molecule has 0 bridgehead atoms. The molecule has 1 fully saturated rings. The van der Waals surface area contributed by atoms with Gasteiger partial charge in [0, 0.05) is 22.9 Å². The molecule has 2 atom stereocenters. The zero-order valence-corrected chi connectivity index (χ0v) is 16.4. The van der Waals surface area contributed by atoms with E-state index in [0.29, 0.717) is 29.1 Å². The average Bonchev–Trinajstić information content (AvgIpc) is 3.38. The van der Waals surface area contributed by atoms with Gasteiger partial charge in [-0.15, -0.1) is 0 Å². The number of hydrogen-bond donors (Lipinski definition) is 2. The molecule has 2 aromatic heterocycles. The van der Waals surface area contributed by atoms with Crippen molar-refractivity contribution < 1.29 is 18.4 Å². The Morgan fingerprint density at radius 3 is 1.67 bits per heavy atom. The number of hydrogen-bond acceptors (Lipinski definition) is 4. The normalized spacial score (nSPS) is 19.1. The van der Waals surface area contributed by atoms with E-state index in [9.17, 15) is 9.59 Å². The average molecular weight is 402 g/mol. The van der Waals surface area contributed by atoms with E-state index in [1.165, 1.54) is 0 Å². The lowest BCUT2D eigenvalue weighted by Gasteiger charge is -2.29. The highest BCUT2D eigenvalue weighted by Crippen LogP contribution is 2.23. The van der Waals surface area contributed by atoms with Crippen LogP contribution in [0.4, 0.5) is 0 Å². The summed E-state index contributed by atoms with van der Waals surface area (Å²) in [6.45, 7) is 0. The van der Waals surface area contributed by atoms with Gasteiger partial charge in [-0.3, -0.25) is 9.59 Å². The Labute approximate surface area is 173 Å². The number of carbonyl (C=O) groups excluding carboxylic acids is 2. The summed E-state index contributed by atoms with van der Waals surface area (Å²) in [7, 11) is 0. The van der Waals surface area contributed by atoms with Crippen LogP contribution in [0.2, 0.25) is 0 Å². The Morgan fingerprint density at radius 1 is 0.733 bits per heavy atom. The van der Waals surface area contributed by atoms with E-state index in [4.69, 9.17) is 8.83 Å². The van der Waals surface area contributed by atoms with Crippen LogP contribution < -0.4 is 10.6 Å². The topological polar surface area (TPSA) is 84.5 Å².